The zero-order valence-electron chi connectivity index (χ0n) is 11.8. The van der Waals surface area contributed by atoms with E-state index in [1.165, 1.54) is 30.5 Å². The van der Waals surface area contributed by atoms with Gasteiger partial charge in [-0.05, 0) is 42.8 Å². The Balaban J connectivity index is 2.39. The van der Waals surface area contributed by atoms with Crippen molar-refractivity contribution in [3.8, 4) is 0 Å². The molecule has 8 heteroatoms. The van der Waals surface area contributed by atoms with Crippen molar-refractivity contribution in [1.82, 2.24) is 0 Å². The van der Waals surface area contributed by atoms with Gasteiger partial charge < -0.3 is 0 Å². The Labute approximate surface area is 129 Å². The zero-order chi connectivity index (χ0) is 16.5. The van der Waals surface area contributed by atoms with E-state index in [1.54, 1.807) is 6.92 Å². The van der Waals surface area contributed by atoms with Crippen molar-refractivity contribution in [3.05, 3.63) is 53.6 Å². The van der Waals surface area contributed by atoms with Gasteiger partial charge in [-0.1, -0.05) is 6.07 Å². The summed E-state index contributed by atoms with van der Waals surface area (Å²) in [5.74, 6) is -1.70. The average molecular weight is 345 g/mol. The molecule has 22 heavy (non-hydrogen) atoms. The Bertz CT molecular complexity index is 851. The van der Waals surface area contributed by atoms with Gasteiger partial charge in [-0.2, -0.15) is 0 Å². The molecule has 0 amide bonds. The minimum atomic E-state index is -4.18. The van der Waals surface area contributed by atoms with Crippen LogP contribution in [0.15, 0.2) is 46.2 Å². The summed E-state index contributed by atoms with van der Waals surface area (Å²) in [7, 11) is -5.71. The summed E-state index contributed by atoms with van der Waals surface area (Å²) in [5, 5.41) is 0. The first-order valence-electron chi connectivity index (χ1n) is 6.12. The molecule has 0 spiro atoms. The molecule has 2 rings (SSSR count). The van der Waals surface area contributed by atoms with Gasteiger partial charge in [0.1, 0.15) is 16.5 Å². The zero-order valence-corrected chi connectivity index (χ0v) is 13.4. The van der Waals surface area contributed by atoms with Crippen LogP contribution in [0.2, 0.25) is 0 Å². The number of aryl methyl sites for hydroxylation is 1. The third-order valence-electron chi connectivity index (χ3n) is 2.87. The molecule has 0 bridgehead atoms. The summed E-state index contributed by atoms with van der Waals surface area (Å²) < 4.78 is 65.1. The van der Waals surface area contributed by atoms with Gasteiger partial charge in [0.25, 0.3) is 10.0 Å². The lowest BCUT2D eigenvalue weighted by Gasteiger charge is -2.10. The molecule has 0 aromatic heterocycles. The molecule has 0 radical (unpaired) electrons. The predicted molar refractivity (Wildman–Crippen MR) is 80.7 cm³/mol. The van der Waals surface area contributed by atoms with E-state index in [2.05, 4.69) is 4.72 Å². The number of benzene rings is 2. The maximum absolute atomic E-state index is 13.7. The van der Waals surface area contributed by atoms with E-state index < -0.39 is 37.4 Å². The highest BCUT2D eigenvalue weighted by Crippen LogP contribution is 2.22. The molecule has 0 aliphatic heterocycles. The van der Waals surface area contributed by atoms with E-state index in [0.29, 0.717) is 5.56 Å². The van der Waals surface area contributed by atoms with Gasteiger partial charge >= 0.3 is 0 Å². The molecule has 4 nitrogen and oxygen atoms in total. The van der Waals surface area contributed by atoms with E-state index in [-0.39, 0.29) is 10.6 Å². The quantitative estimate of drug-likeness (QED) is 0.927. The fraction of sp³-hybridized carbons (Fsp3) is 0.143. The van der Waals surface area contributed by atoms with Crippen LogP contribution in [0, 0.1) is 18.6 Å². The van der Waals surface area contributed by atoms with E-state index >= 15 is 0 Å². The Morgan fingerprint density at radius 1 is 1.05 bits per heavy atom. The van der Waals surface area contributed by atoms with E-state index in [1.807, 2.05) is 0 Å². The summed E-state index contributed by atoms with van der Waals surface area (Å²) in [4.78, 5) is -0.555. The normalized spacial score (nSPS) is 12.9. The third-order valence-corrected chi connectivity index (χ3v) is 5.22. The SMILES string of the molecule is Cc1ccc(F)c(S(=O)(=O)Nc2ccc([S@](C)=O)c(F)c2)c1. The fourth-order valence-electron chi connectivity index (χ4n) is 1.82. The van der Waals surface area contributed by atoms with Crippen molar-refractivity contribution in [2.24, 2.45) is 0 Å². The number of anilines is 1. The van der Waals surface area contributed by atoms with Crippen LogP contribution in [-0.2, 0) is 20.8 Å². The van der Waals surface area contributed by atoms with Crippen molar-refractivity contribution in [2.75, 3.05) is 11.0 Å². The van der Waals surface area contributed by atoms with Crippen molar-refractivity contribution in [3.63, 3.8) is 0 Å². The van der Waals surface area contributed by atoms with E-state index in [9.17, 15) is 21.4 Å². The summed E-state index contributed by atoms with van der Waals surface area (Å²) in [5.41, 5.74) is 0.497. The average Bonchev–Trinajstić information content (AvgIpc) is 2.40. The molecule has 2 aromatic rings. The van der Waals surface area contributed by atoms with Crippen LogP contribution >= 0.6 is 0 Å². The molecule has 0 unspecified atom stereocenters. The number of hydrogen-bond acceptors (Lipinski definition) is 3. The van der Waals surface area contributed by atoms with Crippen molar-refractivity contribution in [2.45, 2.75) is 16.7 Å². The molecule has 2 aromatic carbocycles. The second-order valence-electron chi connectivity index (χ2n) is 4.64. The van der Waals surface area contributed by atoms with Gasteiger partial charge in [0, 0.05) is 6.26 Å². The molecular weight excluding hydrogens is 332 g/mol. The highest BCUT2D eigenvalue weighted by molar-refractivity contribution is 7.92. The molecule has 1 N–H and O–H groups in total. The van der Waals surface area contributed by atoms with Gasteiger partial charge in [0.2, 0.25) is 0 Å². The maximum Gasteiger partial charge on any atom is 0.264 e. The topological polar surface area (TPSA) is 63.2 Å². The molecular formula is C14H13F2NO3S2. The third kappa shape index (κ3) is 3.50. The van der Waals surface area contributed by atoms with Gasteiger partial charge in [0.15, 0.2) is 0 Å². The Kier molecular flexibility index (Phi) is 4.62. The Hall–Kier alpha value is -1.80. The molecule has 118 valence electrons. The minimum Gasteiger partial charge on any atom is -0.279 e. The first-order valence-corrected chi connectivity index (χ1v) is 9.17. The van der Waals surface area contributed by atoms with Gasteiger partial charge in [-0.15, -0.1) is 0 Å². The van der Waals surface area contributed by atoms with Crippen LogP contribution < -0.4 is 4.72 Å². The molecule has 0 fully saturated rings. The minimum absolute atomic E-state index is 0.0373. The second-order valence-corrected chi connectivity index (χ2v) is 7.64. The van der Waals surface area contributed by atoms with Crippen molar-refractivity contribution in [1.29, 1.82) is 0 Å². The van der Waals surface area contributed by atoms with Crippen LogP contribution in [-0.4, -0.2) is 18.9 Å². The molecule has 0 aliphatic rings. The van der Waals surface area contributed by atoms with E-state index in [0.717, 1.165) is 12.1 Å². The van der Waals surface area contributed by atoms with Crippen LogP contribution in [0.3, 0.4) is 0 Å². The van der Waals surface area contributed by atoms with Crippen LogP contribution in [0.25, 0.3) is 0 Å². The number of sulfonamides is 1. The smallest absolute Gasteiger partial charge is 0.264 e. The molecule has 0 saturated heterocycles. The number of rotatable bonds is 4. The summed E-state index contributed by atoms with van der Waals surface area (Å²) in [6, 6.07) is 7.07. The molecule has 0 heterocycles. The van der Waals surface area contributed by atoms with Gasteiger partial charge in [0.05, 0.1) is 21.4 Å². The lowest BCUT2D eigenvalue weighted by atomic mass is 10.2. The Morgan fingerprint density at radius 3 is 2.32 bits per heavy atom. The highest BCUT2D eigenvalue weighted by atomic mass is 32.2. The monoisotopic (exact) mass is 345 g/mol. The lowest BCUT2D eigenvalue weighted by Crippen LogP contribution is -2.15. The molecule has 1 atom stereocenters. The van der Waals surface area contributed by atoms with Crippen molar-refractivity contribution < 1.29 is 21.4 Å². The van der Waals surface area contributed by atoms with Gasteiger partial charge in [-0.3, -0.25) is 8.93 Å². The van der Waals surface area contributed by atoms with Gasteiger partial charge in [-0.25, -0.2) is 17.2 Å². The van der Waals surface area contributed by atoms with Crippen LogP contribution in [0.5, 0.6) is 0 Å². The number of halogens is 2. The summed E-state index contributed by atoms with van der Waals surface area (Å²) in [6.07, 6.45) is 1.31. The van der Waals surface area contributed by atoms with Crippen LogP contribution in [0.1, 0.15) is 5.56 Å². The summed E-state index contributed by atoms with van der Waals surface area (Å²) in [6.45, 7) is 1.63. The number of nitrogens with one attached hydrogen (secondary N) is 1. The molecule has 0 saturated carbocycles. The van der Waals surface area contributed by atoms with E-state index in [4.69, 9.17) is 0 Å². The predicted octanol–water partition coefficient (Wildman–Crippen LogP) is 2.81. The summed E-state index contributed by atoms with van der Waals surface area (Å²) >= 11 is 0. The largest absolute Gasteiger partial charge is 0.279 e. The Morgan fingerprint density at radius 2 is 1.73 bits per heavy atom. The first-order chi connectivity index (χ1) is 10.2. The second kappa shape index (κ2) is 6.13. The highest BCUT2D eigenvalue weighted by Gasteiger charge is 2.20. The number of hydrogen-bond donors (Lipinski definition) is 1. The fourth-order valence-corrected chi connectivity index (χ4v) is 3.63. The molecule has 0 aliphatic carbocycles. The first kappa shape index (κ1) is 16.6. The standard InChI is InChI=1S/C14H13F2NO3S2/c1-9-3-5-11(15)14(7-9)22(19,20)17-10-4-6-13(21(2)18)12(16)8-10/h3-8,17H,1-2H3/t21-/m0/s1. The van der Waals surface area contributed by atoms with Crippen molar-refractivity contribution >= 4 is 26.5 Å². The maximum atomic E-state index is 13.7. The lowest BCUT2D eigenvalue weighted by molar-refractivity contribution is 0.569. The van der Waals surface area contributed by atoms with Crippen LogP contribution in [0.4, 0.5) is 14.5 Å².